The predicted octanol–water partition coefficient (Wildman–Crippen LogP) is 3.74. The van der Waals surface area contributed by atoms with E-state index in [9.17, 15) is 9.59 Å². The molecule has 1 aromatic carbocycles. The third-order valence-corrected chi connectivity index (χ3v) is 7.96. The van der Waals surface area contributed by atoms with E-state index in [2.05, 4.69) is 60.6 Å². The third-order valence-electron chi connectivity index (χ3n) is 7.19. The molecule has 0 bridgehead atoms. The van der Waals surface area contributed by atoms with Crippen molar-refractivity contribution in [3.05, 3.63) is 29.6 Å². The van der Waals surface area contributed by atoms with Gasteiger partial charge in [0.2, 0.25) is 11.8 Å². The number of likely N-dealkylation sites (tertiary alicyclic amines) is 1. The van der Waals surface area contributed by atoms with Gasteiger partial charge >= 0.3 is 0 Å². The van der Waals surface area contributed by atoms with Crippen molar-refractivity contribution < 1.29 is 14.3 Å². The number of carbonyl (C=O) groups is 2. The predicted molar refractivity (Wildman–Crippen MR) is 143 cm³/mol. The number of benzene rings is 1. The summed E-state index contributed by atoms with van der Waals surface area (Å²) in [5.41, 5.74) is 2.79. The van der Waals surface area contributed by atoms with Gasteiger partial charge in [0.15, 0.2) is 5.13 Å². The van der Waals surface area contributed by atoms with Crippen molar-refractivity contribution in [1.82, 2.24) is 15.2 Å². The molecule has 8 nitrogen and oxygen atoms in total. The second-order valence-corrected chi connectivity index (χ2v) is 12.0. The summed E-state index contributed by atoms with van der Waals surface area (Å²) in [6, 6.07) is 7.91. The van der Waals surface area contributed by atoms with Crippen LogP contribution in [0.1, 0.15) is 46.5 Å². The first kappa shape index (κ1) is 25.0. The topological polar surface area (TPSA) is 86.8 Å². The zero-order chi connectivity index (χ0) is 25.3. The zero-order valence-corrected chi connectivity index (χ0v) is 22.3. The number of amides is 2. The average Bonchev–Trinajstić information content (AvgIpc) is 3.34. The minimum Gasteiger partial charge on any atom is -0.378 e. The first-order valence-corrected chi connectivity index (χ1v) is 13.9. The summed E-state index contributed by atoms with van der Waals surface area (Å²) < 4.78 is 5.45. The summed E-state index contributed by atoms with van der Waals surface area (Å²) in [6.45, 7) is 10.1. The fraction of sp³-hybridized carbons (Fsp3) is 0.593. The van der Waals surface area contributed by atoms with Gasteiger partial charge in [-0.2, -0.15) is 0 Å². The van der Waals surface area contributed by atoms with Crippen molar-refractivity contribution in [2.75, 3.05) is 43.1 Å². The Hall–Kier alpha value is -2.65. The number of ether oxygens (including phenoxy) is 1. The van der Waals surface area contributed by atoms with E-state index >= 15 is 0 Å². The Morgan fingerprint density at radius 1 is 1.08 bits per heavy atom. The highest BCUT2D eigenvalue weighted by Crippen LogP contribution is 2.32. The number of rotatable bonds is 7. The van der Waals surface area contributed by atoms with Gasteiger partial charge in [-0.1, -0.05) is 32.9 Å². The van der Waals surface area contributed by atoms with E-state index < -0.39 is 6.04 Å². The molecule has 2 N–H and O–H groups in total. The number of morpholine rings is 1. The molecule has 3 heterocycles. The lowest BCUT2D eigenvalue weighted by atomic mass is 9.85. The smallest absolute Gasteiger partial charge is 0.246 e. The number of thiazole rings is 1. The quantitative estimate of drug-likeness (QED) is 0.589. The molecule has 9 heteroatoms. The van der Waals surface area contributed by atoms with Gasteiger partial charge in [-0.05, 0) is 43.2 Å². The van der Waals surface area contributed by atoms with Crippen LogP contribution in [0.5, 0.6) is 0 Å². The van der Waals surface area contributed by atoms with Crippen LogP contribution in [0, 0.1) is 5.41 Å². The monoisotopic (exact) mass is 511 g/mol. The number of anilines is 2. The maximum absolute atomic E-state index is 13.7. The molecule has 36 heavy (non-hydrogen) atoms. The van der Waals surface area contributed by atoms with Gasteiger partial charge in [0.05, 0.1) is 18.9 Å². The van der Waals surface area contributed by atoms with Crippen LogP contribution < -0.4 is 15.5 Å². The lowest BCUT2D eigenvalue weighted by Gasteiger charge is -2.35. The van der Waals surface area contributed by atoms with E-state index in [1.807, 2.05) is 5.38 Å². The van der Waals surface area contributed by atoms with E-state index in [0.717, 1.165) is 63.2 Å². The number of nitrogens with zero attached hydrogens (tertiary/aromatic N) is 3. The van der Waals surface area contributed by atoms with Gasteiger partial charge in [-0.25, -0.2) is 4.98 Å². The highest BCUT2D eigenvalue weighted by molar-refractivity contribution is 7.14. The second kappa shape index (κ2) is 10.4. The first-order chi connectivity index (χ1) is 17.3. The van der Waals surface area contributed by atoms with Crippen molar-refractivity contribution >= 4 is 34.0 Å². The summed E-state index contributed by atoms with van der Waals surface area (Å²) in [5.74, 6) is -0.0318. The number of nitrogens with one attached hydrogen (secondary N) is 2. The summed E-state index contributed by atoms with van der Waals surface area (Å²) >= 11 is 1.51. The van der Waals surface area contributed by atoms with Crippen molar-refractivity contribution in [1.29, 1.82) is 0 Å². The highest BCUT2D eigenvalue weighted by Gasteiger charge is 2.42. The first-order valence-electron chi connectivity index (χ1n) is 13.1. The van der Waals surface area contributed by atoms with Crippen LogP contribution in [-0.2, 0) is 14.3 Å². The van der Waals surface area contributed by atoms with E-state index in [4.69, 9.17) is 9.72 Å². The lowest BCUT2D eigenvalue weighted by Crippen LogP contribution is -2.54. The summed E-state index contributed by atoms with van der Waals surface area (Å²) in [6.07, 6.45) is 3.66. The molecule has 1 aliphatic carbocycles. The van der Waals surface area contributed by atoms with Crippen molar-refractivity contribution in [3.63, 3.8) is 0 Å². The summed E-state index contributed by atoms with van der Waals surface area (Å²) in [5, 5.41) is 9.25. The average molecular weight is 512 g/mol. The third kappa shape index (κ3) is 5.67. The van der Waals surface area contributed by atoms with Crippen LogP contribution in [0.3, 0.4) is 0 Å². The van der Waals surface area contributed by atoms with Crippen LogP contribution in [0.2, 0.25) is 0 Å². The molecule has 1 aromatic heterocycles. The zero-order valence-electron chi connectivity index (χ0n) is 21.5. The molecule has 2 atom stereocenters. The standard InChI is InChI=1S/C27H37N5O3S/c1-27(2,3)23(25(34)32-12-4-5-22(32)24(33)28-19-8-9-19)30-26-29-21(17-36-26)18-6-10-20(11-7-18)31-13-15-35-16-14-31/h6-7,10-11,17,19,22-23H,4-5,8-9,12-16H2,1-3H3,(H,28,33)(H,29,30)/t22-,23+/m0/s1. The van der Waals surface area contributed by atoms with Crippen LogP contribution in [-0.4, -0.2) is 72.7 Å². The molecule has 0 radical (unpaired) electrons. The fourth-order valence-electron chi connectivity index (χ4n) is 4.90. The SMILES string of the molecule is CC(C)(C)[C@H](Nc1nc(-c2ccc(N3CCOCC3)cc2)cs1)C(=O)N1CCC[C@H]1C(=O)NC1CC1. The molecular weight excluding hydrogens is 474 g/mol. The van der Waals surface area contributed by atoms with Gasteiger partial charge in [0, 0.05) is 42.3 Å². The van der Waals surface area contributed by atoms with Crippen molar-refractivity contribution in [2.24, 2.45) is 5.41 Å². The number of carbonyl (C=O) groups excluding carboxylic acids is 2. The Bertz CT molecular complexity index is 1070. The minimum absolute atomic E-state index is 0.00642. The van der Waals surface area contributed by atoms with Crippen LogP contribution in [0.4, 0.5) is 10.8 Å². The molecule has 2 saturated heterocycles. The maximum Gasteiger partial charge on any atom is 0.246 e. The molecule has 0 spiro atoms. The van der Waals surface area contributed by atoms with Gasteiger partial charge in [0.25, 0.3) is 0 Å². The molecule has 2 aliphatic heterocycles. The van der Waals surface area contributed by atoms with Crippen molar-refractivity contribution in [3.8, 4) is 11.3 Å². The molecule has 2 amide bonds. The molecule has 3 aliphatic rings. The fourth-order valence-corrected chi connectivity index (χ4v) is 5.65. The number of hydrogen-bond acceptors (Lipinski definition) is 7. The van der Waals surface area contributed by atoms with E-state index in [1.165, 1.54) is 17.0 Å². The van der Waals surface area contributed by atoms with E-state index in [0.29, 0.717) is 17.7 Å². The van der Waals surface area contributed by atoms with Gasteiger partial charge in [0.1, 0.15) is 12.1 Å². The van der Waals surface area contributed by atoms with Crippen LogP contribution in [0.15, 0.2) is 29.6 Å². The molecule has 5 rings (SSSR count). The molecule has 0 unspecified atom stereocenters. The molecule has 1 saturated carbocycles. The summed E-state index contributed by atoms with van der Waals surface area (Å²) in [4.78, 5) is 35.4. The Labute approximate surface area is 217 Å². The Balaban J connectivity index is 1.28. The second-order valence-electron chi connectivity index (χ2n) is 11.1. The molecule has 2 aromatic rings. The molecule has 3 fully saturated rings. The molecular formula is C27H37N5O3S. The lowest BCUT2D eigenvalue weighted by molar-refractivity contribution is -0.140. The van der Waals surface area contributed by atoms with Crippen LogP contribution in [0.25, 0.3) is 11.3 Å². The van der Waals surface area contributed by atoms with Crippen molar-refractivity contribution in [2.45, 2.75) is 64.6 Å². The van der Waals surface area contributed by atoms with E-state index in [-0.39, 0.29) is 23.3 Å². The Morgan fingerprint density at radius 2 is 1.81 bits per heavy atom. The number of hydrogen-bond donors (Lipinski definition) is 2. The summed E-state index contributed by atoms with van der Waals surface area (Å²) in [7, 11) is 0. The van der Waals surface area contributed by atoms with Crippen LogP contribution >= 0.6 is 11.3 Å². The Morgan fingerprint density at radius 3 is 2.47 bits per heavy atom. The van der Waals surface area contributed by atoms with Gasteiger partial charge in [-0.15, -0.1) is 11.3 Å². The Kier molecular flexibility index (Phi) is 7.21. The molecule has 194 valence electrons. The van der Waals surface area contributed by atoms with E-state index in [1.54, 1.807) is 4.90 Å². The number of aromatic nitrogens is 1. The highest BCUT2D eigenvalue weighted by atomic mass is 32.1. The van der Waals surface area contributed by atoms with Gasteiger partial charge < -0.3 is 25.2 Å². The minimum atomic E-state index is -0.477. The largest absolute Gasteiger partial charge is 0.378 e. The normalized spacial score (nSPS) is 21.4. The maximum atomic E-state index is 13.7. The van der Waals surface area contributed by atoms with Gasteiger partial charge in [-0.3, -0.25) is 9.59 Å².